The highest BCUT2D eigenvalue weighted by Crippen LogP contribution is 2.33. The van der Waals surface area contributed by atoms with Crippen LogP contribution in [0.2, 0.25) is 5.02 Å². The zero-order valence-corrected chi connectivity index (χ0v) is 13.9. The van der Waals surface area contributed by atoms with E-state index in [4.69, 9.17) is 11.6 Å². The molecule has 1 heterocycles. The van der Waals surface area contributed by atoms with Gasteiger partial charge >= 0.3 is 12.2 Å². The fourth-order valence-electron chi connectivity index (χ4n) is 2.56. The number of urea groups is 1. The Hall–Kier alpha value is -2.29. The molecule has 4 amide bonds. The first-order valence-corrected chi connectivity index (χ1v) is 7.70. The SMILES string of the molecule is CCC1(c2cccc(Cl)c2)NC(=O)N(CC(=O)NCC(F)(F)F)C1=O. The molecule has 1 aromatic rings. The minimum absolute atomic E-state index is 0.179. The second-order valence-electron chi connectivity index (χ2n) is 5.48. The van der Waals surface area contributed by atoms with Crippen molar-refractivity contribution < 1.29 is 27.6 Å². The monoisotopic (exact) mass is 377 g/mol. The Morgan fingerprint density at radius 2 is 2.04 bits per heavy atom. The number of halogens is 4. The van der Waals surface area contributed by atoms with Crippen molar-refractivity contribution in [3.8, 4) is 0 Å². The third-order valence-corrected chi connectivity index (χ3v) is 4.05. The number of nitrogens with one attached hydrogen (secondary N) is 2. The molecule has 0 aliphatic carbocycles. The highest BCUT2D eigenvalue weighted by atomic mass is 35.5. The van der Waals surface area contributed by atoms with Gasteiger partial charge in [-0.1, -0.05) is 30.7 Å². The quantitative estimate of drug-likeness (QED) is 0.772. The standard InChI is InChI=1S/C15H15ClF3N3O3/c1-2-14(9-4-3-5-10(16)6-9)12(24)22(13(25)21-14)7-11(23)20-8-15(17,18)19/h3-6H,2,7-8H2,1H3,(H,20,23)(H,21,25). The Morgan fingerprint density at radius 1 is 1.36 bits per heavy atom. The van der Waals surface area contributed by atoms with E-state index < -0.39 is 42.7 Å². The number of rotatable bonds is 5. The molecule has 1 aliphatic heterocycles. The molecule has 0 spiro atoms. The normalized spacial score (nSPS) is 20.6. The lowest BCUT2D eigenvalue weighted by Crippen LogP contribution is -2.45. The number of benzene rings is 1. The number of carbonyl (C=O) groups is 3. The molecule has 136 valence electrons. The number of alkyl halides is 3. The summed E-state index contributed by atoms with van der Waals surface area (Å²) >= 11 is 5.92. The van der Waals surface area contributed by atoms with E-state index in [9.17, 15) is 27.6 Å². The van der Waals surface area contributed by atoms with Crippen molar-refractivity contribution in [2.24, 2.45) is 0 Å². The van der Waals surface area contributed by atoms with Gasteiger partial charge in [0.15, 0.2) is 0 Å². The van der Waals surface area contributed by atoms with Gasteiger partial charge in [-0.2, -0.15) is 13.2 Å². The van der Waals surface area contributed by atoms with E-state index in [1.807, 2.05) is 0 Å². The van der Waals surface area contributed by atoms with Crippen LogP contribution < -0.4 is 10.6 Å². The van der Waals surface area contributed by atoms with Crippen LogP contribution in [-0.2, 0) is 15.1 Å². The molecule has 2 rings (SSSR count). The molecule has 1 atom stereocenters. The summed E-state index contributed by atoms with van der Waals surface area (Å²) < 4.78 is 36.4. The summed E-state index contributed by atoms with van der Waals surface area (Å²) in [6.45, 7) is -0.682. The van der Waals surface area contributed by atoms with Gasteiger partial charge < -0.3 is 10.6 Å². The van der Waals surface area contributed by atoms with Crippen LogP contribution in [0.25, 0.3) is 0 Å². The van der Waals surface area contributed by atoms with Gasteiger partial charge in [-0.15, -0.1) is 0 Å². The third-order valence-electron chi connectivity index (χ3n) is 3.81. The molecule has 0 saturated carbocycles. The molecular formula is C15H15ClF3N3O3. The molecular weight excluding hydrogens is 363 g/mol. The topological polar surface area (TPSA) is 78.5 Å². The second-order valence-corrected chi connectivity index (χ2v) is 5.92. The largest absolute Gasteiger partial charge is 0.405 e. The molecule has 1 unspecified atom stereocenters. The Labute approximate surface area is 146 Å². The van der Waals surface area contributed by atoms with Crippen LogP contribution in [0.3, 0.4) is 0 Å². The average Bonchev–Trinajstić information content (AvgIpc) is 2.77. The summed E-state index contributed by atoms with van der Waals surface area (Å²) in [6, 6.07) is 5.46. The summed E-state index contributed by atoms with van der Waals surface area (Å²) in [5, 5.41) is 4.50. The van der Waals surface area contributed by atoms with Crippen molar-refractivity contribution in [2.75, 3.05) is 13.1 Å². The van der Waals surface area contributed by atoms with Crippen LogP contribution in [0, 0.1) is 0 Å². The first kappa shape index (κ1) is 19.0. The maximum atomic E-state index is 12.7. The Morgan fingerprint density at radius 3 is 2.60 bits per heavy atom. The third kappa shape index (κ3) is 4.04. The minimum atomic E-state index is -4.58. The molecule has 1 aromatic carbocycles. The van der Waals surface area contributed by atoms with E-state index in [2.05, 4.69) is 5.32 Å². The number of imide groups is 1. The molecule has 1 fully saturated rings. The first-order chi connectivity index (χ1) is 11.6. The molecule has 0 bridgehead atoms. The van der Waals surface area contributed by atoms with E-state index in [0.717, 1.165) is 0 Å². The van der Waals surface area contributed by atoms with E-state index >= 15 is 0 Å². The Kier molecular flexibility index (Phi) is 5.26. The van der Waals surface area contributed by atoms with Crippen LogP contribution in [0.5, 0.6) is 0 Å². The minimum Gasteiger partial charge on any atom is -0.345 e. The van der Waals surface area contributed by atoms with Gasteiger partial charge in [0.25, 0.3) is 5.91 Å². The molecule has 1 saturated heterocycles. The molecule has 10 heteroatoms. The van der Waals surface area contributed by atoms with E-state index in [1.165, 1.54) is 6.07 Å². The maximum absolute atomic E-state index is 12.7. The lowest BCUT2D eigenvalue weighted by atomic mass is 9.87. The summed E-state index contributed by atoms with van der Waals surface area (Å²) in [4.78, 5) is 37.0. The van der Waals surface area contributed by atoms with Crippen LogP contribution >= 0.6 is 11.6 Å². The number of amides is 4. The Bertz CT molecular complexity index is 711. The predicted molar refractivity (Wildman–Crippen MR) is 82.7 cm³/mol. The van der Waals surface area contributed by atoms with Crippen molar-refractivity contribution in [1.29, 1.82) is 0 Å². The zero-order chi connectivity index (χ0) is 18.8. The smallest absolute Gasteiger partial charge is 0.345 e. The van der Waals surface area contributed by atoms with E-state index in [0.29, 0.717) is 15.5 Å². The molecule has 6 nitrogen and oxygen atoms in total. The van der Waals surface area contributed by atoms with Gasteiger partial charge in [-0.3, -0.25) is 14.5 Å². The zero-order valence-electron chi connectivity index (χ0n) is 13.1. The molecule has 25 heavy (non-hydrogen) atoms. The van der Waals surface area contributed by atoms with Gasteiger partial charge in [-0.05, 0) is 24.1 Å². The van der Waals surface area contributed by atoms with Gasteiger partial charge in [0.05, 0.1) is 0 Å². The fourth-order valence-corrected chi connectivity index (χ4v) is 2.75. The molecule has 1 aliphatic rings. The highest BCUT2D eigenvalue weighted by molar-refractivity contribution is 6.30. The van der Waals surface area contributed by atoms with Gasteiger partial charge in [0.2, 0.25) is 5.91 Å². The molecule has 0 radical (unpaired) electrons. The van der Waals surface area contributed by atoms with Gasteiger partial charge in [0, 0.05) is 5.02 Å². The van der Waals surface area contributed by atoms with Crippen LogP contribution in [0.15, 0.2) is 24.3 Å². The summed E-state index contributed by atoms with van der Waals surface area (Å²) in [6.07, 6.45) is -4.40. The summed E-state index contributed by atoms with van der Waals surface area (Å²) in [5.41, 5.74) is -0.981. The first-order valence-electron chi connectivity index (χ1n) is 7.32. The van der Waals surface area contributed by atoms with Gasteiger partial charge in [0.1, 0.15) is 18.6 Å². The number of carbonyl (C=O) groups excluding carboxylic acids is 3. The lowest BCUT2D eigenvalue weighted by molar-refractivity contribution is -0.141. The van der Waals surface area contributed by atoms with E-state index in [1.54, 1.807) is 30.4 Å². The van der Waals surface area contributed by atoms with Crippen molar-refractivity contribution in [2.45, 2.75) is 25.1 Å². The van der Waals surface area contributed by atoms with Crippen molar-refractivity contribution in [3.63, 3.8) is 0 Å². The van der Waals surface area contributed by atoms with Crippen LogP contribution in [-0.4, -0.2) is 42.0 Å². The highest BCUT2D eigenvalue weighted by Gasteiger charge is 2.51. The van der Waals surface area contributed by atoms with Gasteiger partial charge in [-0.25, -0.2) is 4.79 Å². The maximum Gasteiger partial charge on any atom is 0.405 e. The Balaban J connectivity index is 2.19. The molecule has 0 aromatic heterocycles. The number of hydrogen-bond acceptors (Lipinski definition) is 3. The van der Waals surface area contributed by atoms with E-state index in [-0.39, 0.29) is 6.42 Å². The van der Waals surface area contributed by atoms with Crippen LogP contribution in [0.1, 0.15) is 18.9 Å². The van der Waals surface area contributed by atoms with Crippen molar-refractivity contribution in [3.05, 3.63) is 34.9 Å². The average molecular weight is 378 g/mol. The van der Waals surface area contributed by atoms with Crippen LogP contribution in [0.4, 0.5) is 18.0 Å². The van der Waals surface area contributed by atoms with Crippen molar-refractivity contribution in [1.82, 2.24) is 15.5 Å². The summed E-state index contributed by atoms with van der Waals surface area (Å²) in [5.74, 6) is -1.80. The predicted octanol–water partition coefficient (Wildman–Crippen LogP) is 2.18. The number of hydrogen-bond donors (Lipinski definition) is 2. The summed E-state index contributed by atoms with van der Waals surface area (Å²) in [7, 11) is 0. The molecule has 2 N–H and O–H groups in total. The van der Waals surface area contributed by atoms with Crippen molar-refractivity contribution >= 4 is 29.4 Å². The second kappa shape index (κ2) is 6.91. The number of nitrogens with zero attached hydrogens (tertiary/aromatic N) is 1. The fraction of sp³-hybridized carbons (Fsp3) is 0.400. The lowest BCUT2D eigenvalue weighted by Gasteiger charge is -2.26.